The fourth-order valence-electron chi connectivity index (χ4n) is 3.98. The lowest BCUT2D eigenvalue weighted by Gasteiger charge is -2.59. The van der Waals surface area contributed by atoms with Crippen LogP contribution in [0, 0.1) is 12.3 Å². The normalized spacial score (nSPS) is 25.5. The average molecular weight is 291 g/mol. The van der Waals surface area contributed by atoms with Crippen LogP contribution in [0.4, 0.5) is 0 Å². The third-order valence-corrected chi connectivity index (χ3v) is 5.48. The summed E-state index contributed by atoms with van der Waals surface area (Å²) in [7, 11) is 0. The van der Waals surface area contributed by atoms with Gasteiger partial charge in [0.25, 0.3) is 0 Å². The van der Waals surface area contributed by atoms with Crippen LogP contribution in [0.2, 0.25) is 5.02 Å². The molecule has 3 aliphatic rings. The number of rotatable bonds is 4. The molecule has 0 unspecified atom stereocenters. The second-order valence-electron chi connectivity index (χ2n) is 7.29. The van der Waals surface area contributed by atoms with Crippen LogP contribution in [0.1, 0.15) is 36.8 Å². The Kier molecular flexibility index (Phi) is 3.10. The zero-order valence-electron chi connectivity index (χ0n) is 12.2. The van der Waals surface area contributed by atoms with Gasteiger partial charge in [-0.15, -0.1) is 0 Å². The molecule has 2 saturated carbocycles. The molecule has 0 aromatic heterocycles. The number of halogens is 1. The zero-order valence-corrected chi connectivity index (χ0v) is 12.9. The van der Waals surface area contributed by atoms with Crippen molar-refractivity contribution >= 4 is 11.6 Å². The van der Waals surface area contributed by atoms with Gasteiger partial charge in [-0.05, 0) is 55.2 Å². The monoisotopic (exact) mass is 290 g/mol. The van der Waals surface area contributed by atoms with Crippen LogP contribution in [0.25, 0.3) is 0 Å². The summed E-state index contributed by atoms with van der Waals surface area (Å²) in [4.78, 5) is 2.55. The number of aryl methyl sites for hydroxylation is 1. The van der Waals surface area contributed by atoms with Crippen LogP contribution < -0.4 is 5.32 Å². The highest BCUT2D eigenvalue weighted by molar-refractivity contribution is 6.31. The van der Waals surface area contributed by atoms with E-state index in [0.717, 1.165) is 23.7 Å². The Labute approximate surface area is 126 Å². The number of likely N-dealkylation sites (tertiary alicyclic amines) is 1. The quantitative estimate of drug-likeness (QED) is 0.915. The standard InChI is InChI=1S/C17H23ClN2/c1-12-2-3-13(16(18)6-12)9-20-10-17(11-20)7-15(8-17)19-14-4-5-14/h2-3,6,14-15,19H,4-5,7-11H2,1H3. The highest BCUT2D eigenvalue weighted by Gasteiger charge is 2.52. The maximum atomic E-state index is 6.32. The molecule has 2 aliphatic carbocycles. The van der Waals surface area contributed by atoms with E-state index in [4.69, 9.17) is 11.6 Å². The summed E-state index contributed by atoms with van der Waals surface area (Å²) in [5.74, 6) is 0. The molecule has 4 rings (SSSR count). The molecule has 3 fully saturated rings. The molecule has 0 atom stereocenters. The fraction of sp³-hybridized carbons (Fsp3) is 0.647. The number of hydrogen-bond donors (Lipinski definition) is 1. The van der Waals surface area contributed by atoms with E-state index in [0.29, 0.717) is 5.41 Å². The average Bonchev–Trinajstić information content (AvgIpc) is 3.10. The first-order chi connectivity index (χ1) is 9.62. The predicted octanol–water partition coefficient (Wildman–Crippen LogP) is 3.36. The predicted molar refractivity (Wildman–Crippen MR) is 83.1 cm³/mol. The molecule has 2 nitrogen and oxygen atoms in total. The Balaban J connectivity index is 1.27. The van der Waals surface area contributed by atoms with Gasteiger partial charge < -0.3 is 5.32 Å². The number of hydrogen-bond acceptors (Lipinski definition) is 2. The van der Waals surface area contributed by atoms with Crippen molar-refractivity contribution in [2.45, 2.75) is 51.2 Å². The minimum atomic E-state index is 0.643. The summed E-state index contributed by atoms with van der Waals surface area (Å²) in [6.45, 7) is 5.64. The molecule has 1 aromatic carbocycles. The van der Waals surface area contributed by atoms with Gasteiger partial charge in [-0.1, -0.05) is 23.7 Å². The van der Waals surface area contributed by atoms with E-state index in [9.17, 15) is 0 Å². The van der Waals surface area contributed by atoms with Crippen molar-refractivity contribution in [2.24, 2.45) is 5.41 Å². The van der Waals surface area contributed by atoms with Crippen molar-refractivity contribution < 1.29 is 0 Å². The van der Waals surface area contributed by atoms with Crippen LogP contribution in [-0.4, -0.2) is 30.1 Å². The van der Waals surface area contributed by atoms with Crippen LogP contribution in [-0.2, 0) is 6.54 Å². The summed E-state index contributed by atoms with van der Waals surface area (Å²) < 4.78 is 0. The number of nitrogens with one attached hydrogen (secondary N) is 1. The molecular formula is C17H23ClN2. The van der Waals surface area contributed by atoms with Crippen molar-refractivity contribution in [3.05, 3.63) is 34.3 Å². The maximum absolute atomic E-state index is 6.32. The molecule has 0 bridgehead atoms. The summed E-state index contributed by atoms with van der Waals surface area (Å²) in [6, 6.07) is 8.09. The number of nitrogens with zero attached hydrogens (tertiary/aromatic N) is 1. The molecule has 1 N–H and O–H groups in total. The van der Waals surface area contributed by atoms with Crippen molar-refractivity contribution in [1.82, 2.24) is 10.2 Å². The minimum Gasteiger partial charge on any atom is -0.311 e. The highest BCUT2D eigenvalue weighted by Crippen LogP contribution is 2.49. The largest absolute Gasteiger partial charge is 0.311 e. The van der Waals surface area contributed by atoms with E-state index >= 15 is 0 Å². The molecule has 1 aromatic rings. The van der Waals surface area contributed by atoms with Gasteiger partial charge in [-0.3, -0.25) is 4.90 Å². The van der Waals surface area contributed by atoms with E-state index in [1.165, 1.54) is 49.9 Å². The van der Waals surface area contributed by atoms with Crippen molar-refractivity contribution in [1.29, 1.82) is 0 Å². The van der Waals surface area contributed by atoms with Gasteiger partial charge in [-0.25, -0.2) is 0 Å². The lowest BCUT2D eigenvalue weighted by atomic mass is 9.60. The van der Waals surface area contributed by atoms with Crippen LogP contribution in [0.3, 0.4) is 0 Å². The van der Waals surface area contributed by atoms with Gasteiger partial charge in [-0.2, -0.15) is 0 Å². The first-order valence-corrected chi connectivity index (χ1v) is 8.23. The summed E-state index contributed by atoms with van der Waals surface area (Å²) in [5, 5.41) is 4.68. The zero-order chi connectivity index (χ0) is 13.7. The highest BCUT2D eigenvalue weighted by atomic mass is 35.5. The minimum absolute atomic E-state index is 0.643. The SMILES string of the molecule is Cc1ccc(CN2CC3(CC(NC4CC4)C3)C2)c(Cl)c1. The lowest BCUT2D eigenvalue weighted by molar-refractivity contribution is -0.0832. The van der Waals surface area contributed by atoms with Crippen molar-refractivity contribution in [2.75, 3.05) is 13.1 Å². The van der Waals surface area contributed by atoms with E-state index in [1.807, 2.05) is 0 Å². The third-order valence-electron chi connectivity index (χ3n) is 5.13. The second kappa shape index (κ2) is 4.72. The Morgan fingerprint density at radius 1 is 1.25 bits per heavy atom. The van der Waals surface area contributed by atoms with E-state index in [-0.39, 0.29) is 0 Å². The molecule has 20 heavy (non-hydrogen) atoms. The Morgan fingerprint density at radius 3 is 2.65 bits per heavy atom. The molecular weight excluding hydrogens is 268 g/mol. The topological polar surface area (TPSA) is 15.3 Å². The van der Waals surface area contributed by atoms with E-state index in [2.05, 4.69) is 35.3 Å². The molecule has 3 heteroatoms. The van der Waals surface area contributed by atoms with Gasteiger partial charge in [0.15, 0.2) is 0 Å². The van der Waals surface area contributed by atoms with E-state index in [1.54, 1.807) is 0 Å². The smallest absolute Gasteiger partial charge is 0.0453 e. The van der Waals surface area contributed by atoms with Gasteiger partial charge in [0.05, 0.1) is 0 Å². The van der Waals surface area contributed by atoms with Crippen LogP contribution >= 0.6 is 11.6 Å². The van der Waals surface area contributed by atoms with Crippen molar-refractivity contribution in [3.8, 4) is 0 Å². The Morgan fingerprint density at radius 2 is 2.00 bits per heavy atom. The molecule has 108 valence electrons. The molecule has 1 spiro atoms. The van der Waals surface area contributed by atoms with Crippen molar-refractivity contribution in [3.63, 3.8) is 0 Å². The number of benzene rings is 1. The third kappa shape index (κ3) is 2.49. The Bertz CT molecular complexity index is 510. The van der Waals surface area contributed by atoms with Gasteiger partial charge in [0.1, 0.15) is 0 Å². The first-order valence-electron chi connectivity index (χ1n) is 7.85. The summed E-state index contributed by atoms with van der Waals surface area (Å²) in [6.07, 6.45) is 5.59. The lowest BCUT2D eigenvalue weighted by Crippen LogP contribution is -2.65. The second-order valence-corrected chi connectivity index (χ2v) is 7.69. The molecule has 1 saturated heterocycles. The van der Waals surface area contributed by atoms with Crippen LogP contribution in [0.15, 0.2) is 18.2 Å². The maximum Gasteiger partial charge on any atom is 0.0453 e. The van der Waals surface area contributed by atoms with Gasteiger partial charge in [0.2, 0.25) is 0 Å². The van der Waals surface area contributed by atoms with E-state index < -0.39 is 0 Å². The van der Waals surface area contributed by atoms with Gasteiger partial charge in [0, 0.05) is 36.7 Å². The molecule has 0 radical (unpaired) electrons. The van der Waals surface area contributed by atoms with Gasteiger partial charge >= 0.3 is 0 Å². The fourth-order valence-corrected chi connectivity index (χ4v) is 4.28. The summed E-state index contributed by atoms with van der Waals surface area (Å²) in [5.41, 5.74) is 3.16. The van der Waals surface area contributed by atoms with Crippen LogP contribution in [0.5, 0.6) is 0 Å². The Hall–Kier alpha value is -0.570. The molecule has 0 amide bonds. The molecule has 1 heterocycles. The first kappa shape index (κ1) is 13.1. The summed E-state index contributed by atoms with van der Waals surface area (Å²) >= 11 is 6.32. The molecule has 1 aliphatic heterocycles.